The van der Waals surface area contributed by atoms with Crippen LogP contribution in [0.1, 0.15) is 51.0 Å². The molecule has 4 heteroatoms. The van der Waals surface area contributed by atoms with Crippen molar-refractivity contribution in [3.63, 3.8) is 0 Å². The Morgan fingerprint density at radius 2 is 2.21 bits per heavy atom. The van der Waals surface area contributed by atoms with E-state index in [1.165, 1.54) is 25.7 Å². The molecule has 0 heterocycles. The molecule has 3 rings (SSSR count). The molecule has 3 nitrogen and oxygen atoms in total. The van der Waals surface area contributed by atoms with Gasteiger partial charge in [0.1, 0.15) is 5.75 Å². The summed E-state index contributed by atoms with van der Waals surface area (Å²) < 4.78 is 5.70. The number of fused-ring (bicyclic) bond motifs is 2. The van der Waals surface area contributed by atoms with E-state index in [4.69, 9.17) is 16.3 Å². The molecular formula is C20H28ClNO2. The van der Waals surface area contributed by atoms with E-state index in [1.54, 1.807) is 0 Å². The molecule has 1 N–H and O–H groups in total. The standard InChI is InChI=1S/C20H28ClNO2/c1-13-10-17(7-8-19(13)21)24-9-3-4-20(23)22-14(2)18-12-15-5-6-16(18)11-15/h7-8,10,14-16,18H,3-6,9,11-12H2,1-2H3,(H,22,23)/t14-,15+,16+,18+/m1/s1. The SMILES string of the molecule is Cc1cc(OCCCC(=O)N[C@H](C)[C@@H]2C[C@H]3CC[C@H]2C3)ccc1Cl. The number of rotatable bonds is 7. The van der Waals surface area contributed by atoms with Crippen LogP contribution in [0.25, 0.3) is 0 Å². The summed E-state index contributed by atoms with van der Waals surface area (Å²) in [5.74, 6) is 3.44. The average molecular weight is 350 g/mol. The van der Waals surface area contributed by atoms with E-state index in [9.17, 15) is 4.79 Å². The summed E-state index contributed by atoms with van der Waals surface area (Å²) in [7, 11) is 0. The van der Waals surface area contributed by atoms with E-state index >= 15 is 0 Å². The second kappa shape index (κ2) is 7.77. The molecule has 1 amide bonds. The van der Waals surface area contributed by atoms with Gasteiger partial charge in [0.05, 0.1) is 6.61 Å². The van der Waals surface area contributed by atoms with Gasteiger partial charge in [0, 0.05) is 17.5 Å². The van der Waals surface area contributed by atoms with E-state index in [1.807, 2.05) is 25.1 Å². The van der Waals surface area contributed by atoms with Gasteiger partial charge in [-0.05, 0) is 81.0 Å². The lowest BCUT2D eigenvalue weighted by atomic mass is 9.84. The van der Waals surface area contributed by atoms with Crippen molar-refractivity contribution in [1.82, 2.24) is 5.32 Å². The van der Waals surface area contributed by atoms with Crippen LogP contribution in [0, 0.1) is 24.7 Å². The number of carbonyl (C=O) groups excluding carboxylic acids is 1. The molecule has 0 saturated heterocycles. The van der Waals surface area contributed by atoms with Crippen molar-refractivity contribution in [3.8, 4) is 5.75 Å². The third-order valence-electron chi connectivity index (χ3n) is 5.77. The number of hydrogen-bond acceptors (Lipinski definition) is 2. The maximum Gasteiger partial charge on any atom is 0.220 e. The summed E-state index contributed by atoms with van der Waals surface area (Å²) in [5.41, 5.74) is 1.01. The highest BCUT2D eigenvalue weighted by Crippen LogP contribution is 2.49. The summed E-state index contributed by atoms with van der Waals surface area (Å²) in [6.45, 7) is 4.69. The van der Waals surface area contributed by atoms with E-state index < -0.39 is 0 Å². The molecule has 0 radical (unpaired) electrons. The Morgan fingerprint density at radius 3 is 2.88 bits per heavy atom. The molecule has 0 aromatic heterocycles. The largest absolute Gasteiger partial charge is 0.494 e. The van der Waals surface area contributed by atoms with E-state index in [0.717, 1.165) is 34.6 Å². The van der Waals surface area contributed by atoms with Crippen LogP contribution >= 0.6 is 11.6 Å². The molecule has 24 heavy (non-hydrogen) atoms. The third kappa shape index (κ3) is 4.24. The number of halogens is 1. The highest BCUT2D eigenvalue weighted by Gasteiger charge is 2.41. The van der Waals surface area contributed by atoms with Gasteiger partial charge in [0.15, 0.2) is 0 Å². The lowest BCUT2D eigenvalue weighted by Gasteiger charge is -2.28. The lowest BCUT2D eigenvalue weighted by molar-refractivity contribution is -0.122. The molecule has 2 fully saturated rings. The van der Waals surface area contributed by atoms with Gasteiger partial charge < -0.3 is 10.1 Å². The molecule has 4 atom stereocenters. The van der Waals surface area contributed by atoms with Gasteiger partial charge in [-0.25, -0.2) is 0 Å². The van der Waals surface area contributed by atoms with Crippen LogP contribution < -0.4 is 10.1 Å². The van der Waals surface area contributed by atoms with Crippen LogP contribution in [0.2, 0.25) is 5.02 Å². The zero-order chi connectivity index (χ0) is 17.1. The maximum atomic E-state index is 12.1. The van der Waals surface area contributed by atoms with Crippen LogP contribution in [-0.2, 0) is 4.79 Å². The first kappa shape index (κ1) is 17.6. The second-order valence-corrected chi connectivity index (χ2v) is 7.97. The summed E-state index contributed by atoms with van der Waals surface area (Å²) in [6, 6.07) is 5.95. The molecule has 132 valence electrons. The number of hydrogen-bond donors (Lipinski definition) is 1. The molecule has 2 saturated carbocycles. The monoisotopic (exact) mass is 349 g/mol. The molecular weight excluding hydrogens is 322 g/mol. The molecule has 2 aliphatic carbocycles. The van der Waals surface area contributed by atoms with Crippen molar-refractivity contribution in [3.05, 3.63) is 28.8 Å². The van der Waals surface area contributed by atoms with E-state index in [-0.39, 0.29) is 5.91 Å². The van der Waals surface area contributed by atoms with Gasteiger partial charge in [-0.15, -0.1) is 0 Å². The first-order valence-electron chi connectivity index (χ1n) is 9.21. The van der Waals surface area contributed by atoms with E-state index in [2.05, 4.69) is 12.2 Å². The fourth-order valence-corrected chi connectivity index (χ4v) is 4.59. The molecule has 0 unspecified atom stereocenters. The van der Waals surface area contributed by atoms with Crippen LogP contribution in [0.15, 0.2) is 18.2 Å². The first-order chi connectivity index (χ1) is 11.5. The van der Waals surface area contributed by atoms with Crippen molar-refractivity contribution < 1.29 is 9.53 Å². The van der Waals surface area contributed by atoms with Crippen molar-refractivity contribution in [2.24, 2.45) is 17.8 Å². The van der Waals surface area contributed by atoms with Crippen LogP contribution in [-0.4, -0.2) is 18.6 Å². The molecule has 2 bridgehead atoms. The van der Waals surface area contributed by atoms with Gasteiger partial charge >= 0.3 is 0 Å². The normalized spacial score (nSPS) is 26.4. The Hall–Kier alpha value is -1.22. The van der Waals surface area contributed by atoms with Gasteiger partial charge in [-0.1, -0.05) is 18.0 Å². The second-order valence-electron chi connectivity index (χ2n) is 7.56. The van der Waals surface area contributed by atoms with Gasteiger partial charge in [-0.3, -0.25) is 4.79 Å². The summed E-state index contributed by atoms with van der Waals surface area (Å²) >= 11 is 6.00. The quantitative estimate of drug-likeness (QED) is 0.721. The van der Waals surface area contributed by atoms with Crippen LogP contribution in [0.3, 0.4) is 0 Å². The predicted molar refractivity (Wildman–Crippen MR) is 97.5 cm³/mol. The Bertz CT molecular complexity index is 589. The zero-order valence-corrected chi connectivity index (χ0v) is 15.4. The zero-order valence-electron chi connectivity index (χ0n) is 14.7. The van der Waals surface area contributed by atoms with Crippen molar-refractivity contribution in [1.29, 1.82) is 0 Å². The van der Waals surface area contributed by atoms with Gasteiger partial charge in [0.25, 0.3) is 0 Å². The minimum Gasteiger partial charge on any atom is -0.494 e. The number of ether oxygens (including phenoxy) is 1. The fraction of sp³-hybridized carbons (Fsp3) is 0.650. The lowest BCUT2D eigenvalue weighted by Crippen LogP contribution is -2.40. The topological polar surface area (TPSA) is 38.3 Å². The Balaban J connectivity index is 1.34. The van der Waals surface area contributed by atoms with Crippen molar-refractivity contribution in [2.75, 3.05) is 6.61 Å². The van der Waals surface area contributed by atoms with Gasteiger partial charge in [-0.2, -0.15) is 0 Å². The predicted octanol–water partition coefficient (Wildman–Crippen LogP) is 4.75. The smallest absolute Gasteiger partial charge is 0.220 e. The van der Waals surface area contributed by atoms with Crippen LogP contribution in [0.4, 0.5) is 0 Å². The molecule has 2 aliphatic rings. The highest BCUT2D eigenvalue weighted by atomic mass is 35.5. The summed E-state index contributed by atoms with van der Waals surface area (Å²) in [6.07, 6.45) is 6.73. The number of nitrogens with one attached hydrogen (secondary N) is 1. The molecule has 1 aromatic rings. The Morgan fingerprint density at radius 1 is 1.38 bits per heavy atom. The van der Waals surface area contributed by atoms with Crippen LogP contribution in [0.5, 0.6) is 5.75 Å². The fourth-order valence-electron chi connectivity index (χ4n) is 4.47. The number of aryl methyl sites for hydroxylation is 1. The molecule has 1 aromatic carbocycles. The maximum absolute atomic E-state index is 12.1. The third-order valence-corrected chi connectivity index (χ3v) is 6.19. The summed E-state index contributed by atoms with van der Waals surface area (Å²) in [5, 5.41) is 3.96. The number of amides is 1. The summed E-state index contributed by atoms with van der Waals surface area (Å²) in [4.78, 5) is 12.1. The minimum absolute atomic E-state index is 0.154. The number of carbonyl (C=O) groups is 1. The first-order valence-corrected chi connectivity index (χ1v) is 9.59. The molecule has 0 aliphatic heterocycles. The van der Waals surface area contributed by atoms with Gasteiger partial charge in [0.2, 0.25) is 5.91 Å². The van der Waals surface area contributed by atoms with E-state index in [0.29, 0.717) is 25.0 Å². The highest BCUT2D eigenvalue weighted by molar-refractivity contribution is 6.31. The molecule has 0 spiro atoms. The number of benzene rings is 1. The minimum atomic E-state index is 0.154. The van der Waals surface area contributed by atoms with Crippen molar-refractivity contribution >= 4 is 17.5 Å². The Labute approximate surface area is 150 Å². The average Bonchev–Trinajstić information content (AvgIpc) is 3.18. The Kier molecular flexibility index (Phi) is 5.70. The van der Waals surface area contributed by atoms with Crippen molar-refractivity contribution in [2.45, 2.75) is 58.4 Å².